The number of methoxy groups -OCH3 is 1. The first-order chi connectivity index (χ1) is 9.67. The minimum Gasteiger partial charge on any atom is -0.497 e. The average molecular weight is 286 g/mol. The third kappa shape index (κ3) is 2.30. The number of hydrogen-bond acceptors (Lipinski definition) is 5. The molecule has 0 bridgehead atoms. The number of nitrogen functional groups attached to an aromatic ring is 1. The van der Waals surface area contributed by atoms with Gasteiger partial charge in [-0.25, -0.2) is 9.97 Å². The summed E-state index contributed by atoms with van der Waals surface area (Å²) in [6, 6.07) is 7.69. The summed E-state index contributed by atoms with van der Waals surface area (Å²) in [6.07, 6.45) is 1.70. The van der Waals surface area contributed by atoms with E-state index in [0.717, 1.165) is 32.4 Å². The summed E-state index contributed by atoms with van der Waals surface area (Å²) < 4.78 is 5.21. The molecule has 5 nitrogen and oxygen atoms in total. The number of anilines is 1. The van der Waals surface area contributed by atoms with Crippen molar-refractivity contribution in [2.24, 2.45) is 0 Å². The molecule has 2 aromatic heterocycles. The van der Waals surface area contributed by atoms with Crippen LogP contribution in [-0.2, 0) is 0 Å². The largest absolute Gasteiger partial charge is 0.497 e. The lowest BCUT2D eigenvalue weighted by Crippen LogP contribution is -1.94. The number of benzene rings is 1. The van der Waals surface area contributed by atoms with Crippen molar-refractivity contribution in [1.82, 2.24) is 15.0 Å². The minimum absolute atomic E-state index is 0.549. The van der Waals surface area contributed by atoms with E-state index in [0.29, 0.717) is 5.82 Å². The zero-order chi connectivity index (χ0) is 14.1. The van der Waals surface area contributed by atoms with E-state index in [1.807, 2.05) is 31.2 Å². The molecule has 2 heterocycles. The normalized spacial score (nSPS) is 10.9. The quantitative estimate of drug-likeness (QED) is 0.774. The lowest BCUT2D eigenvalue weighted by molar-refractivity contribution is 0.415. The first-order valence-electron chi connectivity index (χ1n) is 6.10. The number of aromatic amines is 1. The first kappa shape index (κ1) is 12.8. The Morgan fingerprint density at radius 3 is 2.95 bits per heavy atom. The predicted octanol–water partition coefficient (Wildman–Crippen LogP) is 3.01. The second kappa shape index (κ2) is 5.05. The standard InChI is InChI=1S/C14H14N4OS/c1-8-12(5-6-16-13(8)15)20-14-17-10-4-3-9(19-2)7-11(10)18-14/h3-7H,1-2H3,(H2,15,16)(H,17,18). The average Bonchev–Trinajstić information content (AvgIpc) is 2.85. The van der Waals surface area contributed by atoms with Crippen LogP contribution in [0.4, 0.5) is 5.82 Å². The number of ether oxygens (including phenoxy) is 1. The summed E-state index contributed by atoms with van der Waals surface area (Å²) in [7, 11) is 1.65. The van der Waals surface area contributed by atoms with Gasteiger partial charge in [0.15, 0.2) is 5.16 Å². The molecule has 3 N–H and O–H groups in total. The van der Waals surface area contributed by atoms with Gasteiger partial charge >= 0.3 is 0 Å². The smallest absolute Gasteiger partial charge is 0.171 e. The highest BCUT2D eigenvalue weighted by atomic mass is 32.2. The van der Waals surface area contributed by atoms with E-state index < -0.39 is 0 Å². The van der Waals surface area contributed by atoms with Crippen LogP contribution in [0.5, 0.6) is 5.75 Å². The van der Waals surface area contributed by atoms with Crippen molar-refractivity contribution in [1.29, 1.82) is 0 Å². The highest BCUT2D eigenvalue weighted by molar-refractivity contribution is 7.99. The van der Waals surface area contributed by atoms with Crippen molar-refractivity contribution in [2.45, 2.75) is 17.0 Å². The van der Waals surface area contributed by atoms with Crippen molar-refractivity contribution < 1.29 is 4.74 Å². The van der Waals surface area contributed by atoms with Crippen molar-refractivity contribution >= 4 is 28.6 Å². The van der Waals surface area contributed by atoms with E-state index in [4.69, 9.17) is 10.5 Å². The fraction of sp³-hybridized carbons (Fsp3) is 0.143. The van der Waals surface area contributed by atoms with Gasteiger partial charge in [0.2, 0.25) is 0 Å². The number of pyridine rings is 1. The van der Waals surface area contributed by atoms with Crippen LogP contribution < -0.4 is 10.5 Å². The molecule has 0 saturated heterocycles. The topological polar surface area (TPSA) is 76.8 Å². The SMILES string of the molecule is COc1ccc2nc(Sc3ccnc(N)c3C)[nH]c2c1. The number of nitrogens with two attached hydrogens (primary N) is 1. The Hall–Kier alpha value is -2.21. The third-order valence-electron chi connectivity index (χ3n) is 3.07. The second-order valence-corrected chi connectivity index (χ2v) is 5.38. The third-order valence-corrected chi connectivity index (χ3v) is 4.12. The molecule has 0 radical (unpaired) electrons. The van der Waals surface area contributed by atoms with Gasteiger partial charge in [-0.2, -0.15) is 0 Å². The molecule has 20 heavy (non-hydrogen) atoms. The first-order valence-corrected chi connectivity index (χ1v) is 6.91. The number of hydrogen-bond donors (Lipinski definition) is 2. The van der Waals surface area contributed by atoms with Gasteiger partial charge < -0.3 is 15.5 Å². The van der Waals surface area contributed by atoms with Crippen molar-refractivity contribution in [3.05, 3.63) is 36.0 Å². The Bertz CT molecular complexity index is 769. The lowest BCUT2D eigenvalue weighted by atomic mass is 10.3. The van der Waals surface area contributed by atoms with Crippen molar-refractivity contribution in [3.63, 3.8) is 0 Å². The number of nitrogens with zero attached hydrogens (tertiary/aromatic N) is 2. The molecule has 0 aliphatic carbocycles. The molecule has 3 rings (SSSR count). The molecule has 0 amide bonds. The van der Waals surface area contributed by atoms with Crippen LogP contribution in [0.25, 0.3) is 11.0 Å². The minimum atomic E-state index is 0.549. The molecule has 0 spiro atoms. The molecule has 6 heteroatoms. The van der Waals surface area contributed by atoms with Crippen LogP contribution in [0.15, 0.2) is 40.5 Å². The molecule has 102 valence electrons. The fourth-order valence-electron chi connectivity index (χ4n) is 1.89. The summed E-state index contributed by atoms with van der Waals surface area (Å²) in [5.41, 5.74) is 8.64. The molecular formula is C14H14N4OS. The van der Waals surface area contributed by atoms with E-state index in [1.165, 1.54) is 0 Å². The summed E-state index contributed by atoms with van der Waals surface area (Å²) in [6.45, 7) is 1.95. The van der Waals surface area contributed by atoms with Crippen LogP contribution in [0.2, 0.25) is 0 Å². The number of rotatable bonds is 3. The summed E-state index contributed by atoms with van der Waals surface area (Å²) in [4.78, 5) is 12.9. The maximum atomic E-state index is 5.82. The van der Waals surface area contributed by atoms with Crippen molar-refractivity contribution in [2.75, 3.05) is 12.8 Å². The Balaban J connectivity index is 1.96. The Labute approximate surface area is 120 Å². The van der Waals surface area contributed by atoms with Gasteiger partial charge in [-0.3, -0.25) is 0 Å². The second-order valence-electron chi connectivity index (χ2n) is 4.35. The number of imidazole rings is 1. The van der Waals surface area contributed by atoms with Gasteiger partial charge in [0.1, 0.15) is 11.6 Å². The molecule has 0 aliphatic rings. The number of aromatic nitrogens is 3. The maximum Gasteiger partial charge on any atom is 0.171 e. The highest BCUT2D eigenvalue weighted by Crippen LogP contribution is 2.31. The van der Waals surface area contributed by atoms with Gasteiger partial charge in [-0.1, -0.05) is 11.8 Å². The number of fused-ring (bicyclic) bond motifs is 1. The van der Waals surface area contributed by atoms with Crippen LogP contribution >= 0.6 is 11.8 Å². The number of H-pyrrole nitrogens is 1. The summed E-state index contributed by atoms with van der Waals surface area (Å²) in [5.74, 6) is 1.36. The van der Waals surface area contributed by atoms with Gasteiger partial charge in [0.05, 0.1) is 18.1 Å². The molecule has 1 aromatic carbocycles. The summed E-state index contributed by atoms with van der Waals surface area (Å²) >= 11 is 1.54. The zero-order valence-electron chi connectivity index (χ0n) is 11.2. The van der Waals surface area contributed by atoms with Crippen LogP contribution in [0, 0.1) is 6.92 Å². The van der Waals surface area contributed by atoms with Gasteiger partial charge in [0, 0.05) is 22.7 Å². The van der Waals surface area contributed by atoms with E-state index in [-0.39, 0.29) is 0 Å². The van der Waals surface area contributed by atoms with Crippen molar-refractivity contribution in [3.8, 4) is 5.75 Å². The Kier molecular flexibility index (Phi) is 3.23. The van der Waals surface area contributed by atoms with E-state index in [9.17, 15) is 0 Å². The number of nitrogens with one attached hydrogen (secondary N) is 1. The van der Waals surface area contributed by atoms with E-state index >= 15 is 0 Å². The van der Waals surface area contributed by atoms with Gasteiger partial charge in [-0.05, 0) is 25.1 Å². The van der Waals surface area contributed by atoms with Crippen LogP contribution in [0.1, 0.15) is 5.56 Å². The zero-order valence-corrected chi connectivity index (χ0v) is 12.0. The highest BCUT2D eigenvalue weighted by Gasteiger charge is 2.09. The molecule has 0 unspecified atom stereocenters. The lowest BCUT2D eigenvalue weighted by Gasteiger charge is -2.04. The molecule has 0 fully saturated rings. The molecule has 0 saturated carbocycles. The molecular weight excluding hydrogens is 272 g/mol. The Morgan fingerprint density at radius 2 is 2.15 bits per heavy atom. The Morgan fingerprint density at radius 1 is 1.30 bits per heavy atom. The van der Waals surface area contributed by atoms with Gasteiger partial charge in [0.25, 0.3) is 0 Å². The van der Waals surface area contributed by atoms with Gasteiger partial charge in [-0.15, -0.1) is 0 Å². The van der Waals surface area contributed by atoms with E-state index in [1.54, 1.807) is 25.1 Å². The molecule has 3 aromatic rings. The van der Waals surface area contributed by atoms with Crippen LogP contribution in [-0.4, -0.2) is 22.1 Å². The van der Waals surface area contributed by atoms with Crippen LogP contribution in [0.3, 0.4) is 0 Å². The predicted molar refractivity (Wildman–Crippen MR) is 80.2 cm³/mol. The summed E-state index contributed by atoms with van der Waals surface area (Å²) in [5, 5.41) is 0.821. The van der Waals surface area contributed by atoms with E-state index in [2.05, 4.69) is 15.0 Å². The molecule has 0 aliphatic heterocycles. The molecule has 0 atom stereocenters. The monoisotopic (exact) mass is 286 g/mol. The fourth-order valence-corrected chi connectivity index (χ4v) is 2.79. The maximum absolute atomic E-state index is 5.82.